The number of aryl methyl sites for hydroxylation is 1. The van der Waals surface area contributed by atoms with Gasteiger partial charge in [-0.25, -0.2) is 4.98 Å². The molecule has 0 unspecified atom stereocenters. The lowest BCUT2D eigenvalue weighted by Gasteiger charge is -2.13. The maximum atomic E-state index is 4.92. The number of hydrogen-bond acceptors (Lipinski definition) is 3. The number of fused-ring (bicyclic) bond motifs is 1. The minimum atomic E-state index is 0. The summed E-state index contributed by atoms with van der Waals surface area (Å²) in [5.41, 5.74) is 4.81. The van der Waals surface area contributed by atoms with Crippen molar-refractivity contribution in [3.05, 3.63) is 60.2 Å². The van der Waals surface area contributed by atoms with Crippen LogP contribution in [0.3, 0.4) is 0 Å². The molecular weight excluding hydrogens is 336 g/mol. The average Bonchev–Trinajstić information content (AvgIpc) is 2.55. The van der Waals surface area contributed by atoms with E-state index < -0.39 is 0 Å². The molecule has 0 saturated carbocycles. The summed E-state index contributed by atoms with van der Waals surface area (Å²) in [6.45, 7) is 3.17. The minimum Gasteiger partial charge on any atom is -0.309 e. The largest absolute Gasteiger partial charge is 0.309 e. The van der Waals surface area contributed by atoms with E-state index in [2.05, 4.69) is 80.5 Å². The van der Waals surface area contributed by atoms with Crippen molar-refractivity contribution >= 4 is 35.1 Å². The van der Waals surface area contributed by atoms with Gasteiger partial charge >= 0.3 is 0 Å². The predicted molar refractivity (Wildman–Crippen MR) is 108 cm³/mol. The van der Waals surface area contributed by atoms with Crippen LogP contribution in [-0.4, -0.2) is 36.3 Å². The molecule has 126 valence electrons. The SMILES string of the molecule is Cc1ccc(-c2cc3ccccc3nc2SCCN(C)C)cc1.Cl. The number of thioether (sulfide) groups is 1. The van der Waals surface area contributed by atoms with Crippen LogP contribution in [0.25, 0.3) is 22.0 Å². The normalized spacial score (nSPS) is 10.8. The van der Waals surface area contributed by atoms with Crippen LogP contribution in [0.1, 0.15) is 5.56 Å². The highest BCUT2D eigenvalue weighted by Crippen LogP contribution is 2.33. The molecule has 0 aliphatic carbocycles. The van der Waals surface area contributed by atoms with Crippen molar-refractivity contribution in [2.45, 2.75) is 11.9 Å². The van der Waals surface area contributed by atoms with Gasteiger partial charge in [-0.05, 0) is 38.7 Å². The summed E-state index contributed by atoms with van der Waals surface area (Å²) in [6, 6.07) is 19.3. The van der Waals surface area contributed by atoms with E-state index in [4.69, 9.17) is 4.98 Å². The predicted octanol–water partition coefficient (Wildman–Crippen LogP) is 5.29. The number of nitrogens with zero attached hydrogens (tertiary/aromatic N) is 2. The van der Waals surface area contributed by atoms with Crippen LogP contribution in [0.4, 0.5) is 0 Å². The molecule has 3 aromatic rings. The molecule has 0 amide bonds. The molecule has 3 rings (SSSR count). The van der Waals surface area contributed by atoms with Crippen molar-refractivity contribution in [3.8, 4) is 11.1 Å². The first kappa shape index (κ1) is 18.8. The molecule has 1 heterocycles. The van der Waals surface area contributed by atoms with E-state index in [0.717, 1.165) is 22.8 Å². The number of rotatable bonds is 5. The number of benzene rings is 2. The molecule has 4 heteroatoms. The van der Waals surface area contributed by atoms with Gasteiger partial charge in [-0.15, -0.1) is 24.2 Å². The standard InChI is InChI=1S/C20H22N2S.ClH/c1-15-8-10-16(11-9-15)18-14-17-6-4-5-7-19(17)21-20(18)23-13-12-22(2)3;/h4-11,14H,12-13H2,1-3H3;1H. The molecule has 0 aliphatic heterocycles. The van der Waals surface area contributed by atoms with Crippen molar-refractivity contribution in [3.63, 3.8) is 0 Å². The van der Waals surface area contributed by atoms with Crippen molar-refractivity contribution in [1.82, 2.24) is 9.88 Å². The van der Waals surface area contributed by atoms with E-state index in [1.807, 2.05) is 11.8 Å². The monoisotopic (exact) mass is 358 g/mol. The second kappa shape index (κ2) is 8.52. The summed E-state index contributed by atoms with van der Waals surface area (Å²) in [5, 5.41) is 2.31. The summed E-state index contributed by atoms with van der Waals surface area (Å²) < 4.78 is 0. The summed E-state index contributed by atoms with van der Waals surface area (Å²) in [7, 11) is 4.21. The van der Waals surface area contributed by atoms with Crippen LogP contribution >= 0.6 is 24.2 Å². The number of para-hydroxylation sites is 1. The first-order valence-corrected chi connectivity index (χ1v) is 8.86. The zero-order valence-corrected chi connectivity index (χ0v) is 16.0. The Labute approximate surface area is 154 Å². The van der Waals surface area contributed by atoms with Crippen LogP contribution < -0.4 is 0 Å². The van der Waals surface area contributed by atoms with Crippen LogP contribution in [0.15, 0.2) is 59.6 Å². The highest BCUT2D eigenvalue weighted by molar-refractivity contribution is 7.99. The molecule has 0 N–H and O–H groups in total. The molecule has 0 bridgehead atoms. The third-order valence-electron chi connectivity index (χ3n) is 3.83. The Bertz CT molecular complexity index is 800. The van der Waals surface area contributed by atoms with E-state index >= 15 is 0 Å². The topological polar surface area (TPSA) is 16.1 Å². The van der Waals surface area contributed by atoms with Crippen LogP contribution in [-0.2, 0) is 0 Å². The zero-order chi connectivity index (χ0) is 16.2. The smallest absolute Gasteiger partial charge is 0.105 e. The number of hydrogen-bond donors (Lipinski definition) is 0. The first-order chi connectivity index (χ1) is 11.1. The van der Waals surface area contributed by atoms with Gasteiger partial charge in [0.15, 0.2) is 0 Å². The molecule has 0 fully saturated rings. The van der Waals surface area contributed by atoms with E-state index in [1.165, 1.54) is 22.1 Å². The molecule has 24 heavy (non-hydrogen) atoms. The molecule has 1 aromatic heterocycles. The van der Waals surface area contributed by atoms with Gasteiger partial charge in [-0.1, -0.05) is 48.0 Å². The molecule has 2 aromatic carbocycles. The fraction of sp³-hybridized carbons (Fsp3) is 0.250. The lowest BCUT2D eigenvalue weighted by atomic mass is 10.0. The third-order valence-corrected chi connectivity index (χ3v) is 4.80. The Balaban J connectivity index is 0.00000208. The second-order valence-electron chi connectivity index (χ2n) is 6.05. The van der Waals surface area contributed by atoms with Gasteiger partial charge in [0.05, 0.1) is 5.52 Å². The molecule has 0 radical (unpaired) electrons. The molecule has 0 spiro atoms. The molecule has 0 aliphatic rings. The second-order valence-corrected chi connectivity index (χ2v) is 7.14. The van der Waals surface area contributed by atoms with Gasteiger partial charge in [-0.2, -0.15) is 0 Å². The van der Waals surface area contributed by atoms with Crippen LogP contribution in [0, 0.1) is 6.92 Å². The van der Waals surface area contributed by atoms with Crippen molar-refractivity contribution < 1.29 is 0 Å². The van der Waals surface area contributed by atoms with E-state index in [1.54, 1.807) is 0 Å². The van der Waals surface area contributed by atoms with Crippen molar-refractivity contribution in [2.24, 2.45) is 0 Å². The van der Waals surface area contributed by atoms with Crippen molar-refractivity contribution in [2.75, 3.05) is 26.4 Å². The quantitative estimate of drug-likeness (QED) is 0.577. The highest BCUT2D eigenvalue weighted by atomic mass is 35.5. The first-order valence-electron chi connectivity index (χ1n) is 7.88. The van der Waals surface area contributed by atoms with E-state index in [0.29, 0.717) is 0 Å². The third kappa shape index (κ3) is 4.50. The van der Waals surface area contributed by atoms with Gasteiger partial charge < -0.3 is 4.90 Å². The maximum Gasteiger partial charge on any atom is 0.105 e. The Morgan fingerprint density at radius 3 is 2.42 bits per heavy atom. The summed E-state index contributed by atoms with van der Waals surface area (Å²) in [6.07, 6.45) is 0. The van der Waals surface area contributed by atoms with Gasteiger partial charge in [0.2, 0.25) is 0 Å². The summed E-state index contributed by atoms with van der Waals surface area (Å²) in [4.78, 5) is 7.12. The number of halogens is 1. The molecule has 0 atom stereocenters. The van der Waals surface area contributed by atoms with Gasteiger partial charge in [0.1, 0.15) is 5.03 Å². The number of aromatic nitrogens is 1. The number of pyridine rings is 1. The highest BCUT2D eigenvalue weighted by Gasteiger charge is 2.10. The Kier molecular flexibility index (Phi) is 6.67. The summed E-state index contributed by atoms with van der Waals surface area (Å²) >= 11 is 1.84. The fourth-order valence-corrected chi connectivity index (χ4v) is 3.62. The molecule has 2 nitrogen and oxygen atoms in total. The molecule has 0 saturated heterocycles. The van der Waals surface area contributed by atoms with Gasteiger partial charge in [0, 0.05) is 23.2 Å². The Hall–Kier alpha value is -1.55. The minimum absolute atomic E-state index is 0. The van der Waals surface area contributed by atoms with Gasteiger partial charge in [0.25, 0.3) is 0 Å². The lowest BCUT2D eigenvalue weighted by Crippen LogP contribution is -2.14. The zero-order valence-electron chi connectivity index (χ0n) is 14.3. The maximum absolute atomic E-state index is 4.92. The lowest BCUT2D eigenvalue weighted by molar-refractivity contribution is 0.437. The average molecular weight is 359 g/mol. The molecular formula is C20H23ClN2S. The summed E-state index contributed by atoms with van der Waals surface area (Å²) in [5.74, 6) is 1.04. The Morgan fingerprint density at radius 1 is 1.00 bits per heavy atom. The van der Waals surface area contributed by atoms with Gasteiger partial charge in [-0.3, -0.25) is 0 Å². The van der Waals surface area contributed by atoms with Crippen molar-refractivity contribution in [1.29, 1.82) is 0 Å². The van der Waals surface area contributed by atoms with E-state index in [-0.39, 0.29) is 12.4 Å². The van der Waals surface area contributed by atoms with Crippen LogP contribution in [0.5, 0.6) is 0 Å². The van der Waals surface area contributed by atoms with E-state index in [9.17, 15) is 0 Å². The fourth-order valence-electron chi connectivity index (χ4n) is 2.47. The Morgan fingerprint density at radius 2 is 1.71 bits per heavy atom. The van der Waals surface area contributed by atoms with Crippen LogP contribution in [0.2, 0.25) is 0 Å².